The number of aromatic nitrogens is 2. The second kappa shape index (κ2) is 6.20. The highest BCUT2D eigenvalue weighted by Gasteiger charge is 2.10. The van der Waals surface area contributed by atoms with Crippen molar-refractivity contribution in [1.29, 1.82) is 0 Å². The van der Waals surface area contributed by atoms with Crippen molar-refractivity contribution in [2.45, 2.75) is 19.8 Å². The Balaban J connectivity index is 2.07. The van der Waals surface area contributed by atoms with Gasteiger partial charge in [-0.05, 0) is 41.8 Å². The van der Waals surface area contributed by atoms with Gasteiger partial charge in [0.25, 0.3) is 0 Å². The van der Waals surface area contributed by atoms with Crippen molar-refractivity contribution >= 4 is 5.97 Å². The largest absolute Gasteiger partial charge is 0.478 e. The minimum Gasteiger partial charge on any atom is -0.478 e. The molecule has 122 valence electrons. The van der Waals surface area contributed by atoms with E-state index in [4.69, 9.17) is 5.11 Å². The summed E-state index contributed by atoms with van der Waals surface area (Å²) in [7, 11) is 0. The van der Waals surface area contributed by atoms with Gasteiger partial charge in [0.1, 0.15) is 0 Å². The molecule has 0 aliphatic heterocycles. The maximum atomic E-state index is 12.7. The van der Waals surface area contributed by atoms with Crippen LogP contribution in [0.1, 0.15) is 35.7 Å². The van der Waals surface area contributed by atoms with E-state index in [9.17, 15) is 9.59 Å². The van der Waals surface area contributed by atoms with E-state index < -0.39 is 5.97 Å². The molecule has 1 aromatic heterocycles. The summed E-state index contributed by atoms with van der Waals surface area (Å²) in [5.41, 5.74) is 2.38. The molecule has 0 saturated carbocycles. The van der Waals surface area contributed by atoms with Crippen LogP contribution in [0.25, 0.3) is 11.4 Å². The van der Waals surface area contributed by atoms with E-state index in [2.05, 4.69) is 13.8 Å². The van der Waals surface area contributed by atoms with Crippen LogP contribution < -0.4 is 5.69 Å². The van der Waals surface area contributed by atoms with E-state index in [-0.39, 0.29) is 11.3 Å². The molecule has 1 heterocycles. The molecule has 0 unspecified atom stereocenters. The third kappa shape index (κ3) is 2.88. The Bertz CT molecular complexity index is 951. The minimum absolute atomic E-state index is 0.147. The van der Waals surface area contributed by atoms with E-state index in [1.165, 1.54) is 16.7 Å². The molecule has 0 radical (unpaired) electrons. The maximum absolute atomic E-state index is 12.7. The first kappa shape index (κ1) is 15.8. The first-order valence-corrected chi connectivity index (χ1v) is 7.71. The number of hydrogen-bond acceptors (Lipinski definition) is 2. The first-order chi connectivity index (χ1) is 11.5. The number of imidazole rings is 1. The van der Waals surface area contributed by atoms with E-state index in [0.717, 1.165) is 11.3 Å². The molecule has 0 saturated heterocycles. The molecule has 3 aromatic rings. The van der Waals surface area contributed by atoms with Crippen molar-refractivity contribution in [2.75, 3.05) is 0 Å². The third-order valence-corrected chi connectivity index (χ3v) is 3.96. The molecule has 0 fully saturated rings. The minimum atomic E-state index is -1.02. The number of aromatic carboxylic acids is 1. The first-order valence-electron chi connectivity index (χ1n) is 7.71. The fourth-order valence-corrected chi connectivity index (χ4v) is 2.59. The second-order valence-corrected chi connectivity index (χ2v) is 5.93. The SMILES string of the molecule is CC(C)c1cccc(-n2ccn(-c3cccc(C(=O)O)c3)c2=O)c1. The highest BCUT2D eigenvalue weighted by molar-refractivity contribution is 5.88. The van der Waals surface area contributed by atoms with Gasteiger partial charge < -0.3 is 5.11 Å². The zero-order valence-electron chi connectivity index (χ0n) is 13.5. The number of carboxylic acid groups (broad SMARTS) is 1. The molecule has 0 bridgehead atoms. The van der Waals surface area contributed by atoms with Gasteiger partial charge in [-0.1, -0.05) is 32.0 Å². The van der Waals surface area contributed by atoms with Crippen LogP contribution in [0, 0.1) is 0 Å². The van der Waals surface area contributed by atoms with Gasteiger partial charge in [0, 0.05) is 12.4 Å². The fourth-order valence-electron chi connectivity index (χ4n) is 2.59. The molecule has 0 aliphatic rings. The summed E-state index contributed by atoms with van der Waals surface area (Å²) in [6.45, 7) is 4.20. The van der Waals surface area contributed by atoms with Gasteiger partial charge in [-0.3, -0.25) is 9.13 Å². The lowest BCUT2D eigenvalue weighted by atomic mass is 10.0. The standard InChI is InChI=1S/C19H18N2O3/c1-13(2)14-5-3-7-16(11-14)20-9-10-21(19(20)24)17-8-4-6-15(12-17)18(22)23/h3-13H,1-2H3,(H,22,23). The van der Waals surface area contributed by atoms with E-state index in [1.807, 2.05) is 24.3 Å². The third-order valence-electron chi connectivity index (χ3n) is 3.96. The number of rotatable bonds is 4. The number of nitrogens with zero attached hydrogens (tertiary/aromatic N) is 2. The topological polar surface area (TPSA) is 64.2 Å². The molecule has 5 nitrogen and oxygen atoms in total. The zero-order chi connectivity index (χ0) is 17.3. The number of carboxylic acids is 1. The summed E-state index contributed by atoms with van der Waals surface area (Å²) in [6.07, 6.45) is 3.33. The highest BCUT2D eigenvalue weighted by atomic mass is 16.4. The van der Waals surface area contributed by atoms with Gasteiger partial charge in [0.15, 0.2) is 0 Å². The second-order valence-electron chi connectivity index (χ2n) is 5.93. The molecule has 0 spiro atoms. The van der Waals surface area contributed by atoms with Crippen molar-refractivity contribution in [3.63, 3.8) is 0 Å². The van der Waals surface area contributed by atoms with Crippen LogP contribution in [0.2, 0.25) is 0 Å². The Kier molecular flexibility index (Phi) is 4.08. The summed E-state index contributed by atoms with van der Waals surface area (Å²) in [6, 6.07) is 14.2. The summed E-state index contributed by atoms with van der Waals surface area (Å²) in [5.74, 6) is -0.649. The molecule has 24 heavy (non-hydrogen) atoms. The summed E-state index contributed by atoms with van der Waals surface area (Å²) >= 11 is 0. The lowest BCUT2D eigenvalue weighted by Crippen LogP contribution is -2.22. The van der Waals surface area contributed by atoms with Crippen molar-refractivity contribution in [3.8, 4) is 11.4 Å². The van der Waals surface area contributed by atoms with Gasteiger partial charge in [0.05, 0.1) is 16.9 Å². The van der Waals surface area contributed by atoms with Crippen molar-refractivity contribution in [2.24, 2.45) is 0 Å². The zero-order valence-corrected chi connectivity index (χ0v) is 13.5. The van der Waals surface area contributed by atoms with E-state index >= 15 is 0 Å². The van der Waals surface area contributed by atoms with Crippen molar-refractivity contribution in [1.82, 2.24) is 9.13 Å². The lowest BCUT2D eigenvalue weighted by molar-refractivity contribution is 0.0697. The molecule has 3 rings (SSSR count). The average Bonchev–Trinajstić information content (AvgIpc) is 2.96. The van der Waals surface area contributed by atoms with Crippen molar-refractivity contribution in [3.05, 3.63) is 82.5 Å². The summed E-state index contributed by atoms with van der Waals surface area (Å²) in [5, 5.41) is 9.10. The molecule has 1 N–H and O–H groups in total. The van der Waals surface area contributed by atoms with Gasteiger partial charge in [0.2, 0.25) is 0 Å². The van der Waals surface area contributed by atoms with Gasteiger partial charge in [-0.2, -0.15) is 0 Å². The number of hydrogen-bond donors (Lipinski definition) is 1. The molecule has 0 atom stereocenters. The van der Waals surface area contributed by atoms with Crippen LogP contribution in [0.3, 0.4) is 0 Å². The highest BCUT2D eigenvalue weighted by Crippen LogP contribution is 2.18. The van der Waals surface area contributed by atoms with Crippen LogP contribution >= 0.6 is 0 Å². The predicted molar refractivity (Wildman–Crippen MR) is 92.4 cm³/mol. The van der Waals surface area contributed by atoms with Crippen LogP contribution in [-0.2, 0) is 0 Å². The average molecular weight is 322 g/mol. The van der Waals surface area contributed by atoms with Gasteiger partial charge in [-0.15, -0.1) is 0 Å². The summed E-state index contributed by atoms with van der Waals surface area (Å²) < 4.78 is 2.99. The Morgan fingerprint density at radius 2 is 1.54 bits per heavy atom. The molecular formula is C19H18N2O3. The Hall–Kier alpha value is -3.08. The van der Waals surface area contributed by atoms with Crippen LogP contribution in [0.15, 0.2) is 65.7 Å². The van der Waals surface area contributed by atoms with Crippen LogP contribution in [-0.4, -0.2) is 20.2 Å². The van der Waals surface area contributed by atoms with Crippen molar-refractivity contribution < 1.29 is 9.90 Å². The molecule has 0 amide bonds. The van der Waals surface area contributed by atoms with Crippen LogP contribution in [0.5, 0.6) is 0 Å². The summed E-state index contributed by atoms with van der Waals surface area (Å²) in [4.78, 5) is 23.8. The molecular weight excluding hydrogens is 304 g/mol. The lowest BCUT2D eigenvalue weighted by Gasteiger charge is -2.08. The Morgan fingerprint density at radius 3 is 2.12 bits per heavy atom. The Labute approximate surface area is 139 Å². The van der Waals surface area contributed by atoms with Gasteiger partial charge >= 0.3 is 11.7 Å². The maximum Gasteiger partial charge on any atom is 0.337 e. The smallest absolute Gasteiger partial charge is 0.337 e. The van der Waals surface area contributed by atoms with E-state index in [1.54, 1.807) is 29.1 Å². The normalized spacial score (nSPS) is 11.0. The Morgan fingerprint density at radius 1 is 0.958 bits per heavy atom. The molecule has 5 heteroatoms. The molecule has 0 aliphatic carbocycles. The molecule has 2 aromatic carbocycles. The van der Waals surface area contributed by atoms with Crippen LogP contribution in [0.4, 0.5) is 0 Å². The number of carbonyl (C=O) groups is 1. The predicted octanol–water partition coefficient (Wildman–Crippen LogP) is 3.45. The van der Waals surface area contributed by atoms with Gasteiger partial charge in [-0.25, -0.2) is 9.59 Å². The fraction of sp³-hybridized carbons (Fsp3) is 0.158. The monoisotopic (exact) mass is 322 g/mol. The number of benzene rings is 2. The van der Waals surface area contributed by atoms with E-state index in [0.29, 0.717) is 11.6 Å². The quantitative estimate of drug-likeness (QED) is 0.800.